The third-order valence-corrected chi connectivity index (χ3v) is 2.83. The lowest BCUT2D eigenvalue weighted by atomic mass is 10.1. The van der Waals surface area contributed by atoms with Crippen LogP contribution in [0.1, 0.15) is 18.5 Å². The number of hydrogen-bond donors (Lipinski definition) is 1. The van der Waals surface area contributed by atoms with E-state index in [1.807, 2.05) is 7.05 Å². The van der Waals surface area contributed by atoms with Crippen molar-refractivity contribution in [2.24, 2.45) is 7.05 Å². The summed E-state index contributed by atoms with van der Waals surface area (Å²) in [4.78, 5) is 0. The van der Waals surface area contributed by atoms with Crippen LogP contribution in [0.15, 0.2) is 30.5 Å². The molecule has 0 saturated heterocycles. The number of hydrogen-bond acceptors (Lipinski definition) is 1. The van der Waals surface area contributed by atoms with Gasteiger partial charge in [0.1, 0.15) is 0 Å². The van der Waals surface area contributed by atoms with E-state index in [4.69, 9.17) is 0 Å². The lowest BCUT2D eigenvalue weighted by molar-refractivity contribution is 0.654. The van der Waals surface area contributed by atoms with Crippen molar-refractivity contribution in [1.29, 1.82) is 0 Å². The van der Waals surface area contributed by atoms with Crippen molar-refractivity contribution in [3.8, 4) is 0 Å². The first-order valence-electron chi connectivity index (χ1n) is 4.95. The molecule has 74 valence electrons. The molecule has 0 amide bonds. The maximum absolute atomic E-state index is 3.27. The predicted octanol–water partition coefficient (Wildman–Crippen LogP) is 2.46. The van der Waals surface area contributed by atoms with Crippen molar-refractivity contribution in [3.63, 3.8) is 0 Å². The Hall–Kier alpha value is -1.28. The largest absolute Gasteiger partial charge is 0.350 e. The Morgan fingerprint density at radius 2 is 2.00 bits per heavy atom. The molecule has 1 unspecified atom stereocenters. The molecule has 0 bridgehead atoms. The molecule has 0 spiro atoms. The second kappa shape index (κ2) is 3.46. The maximum atomic E-state index is 3.27. The van der Waals surface area contributed by atoms with Crippen molar-refractivity contribution >= 4 is 10.9 Å². The van der Waals surface area contributed by atoms with E-state index in [1.54, 1.807) is 0 Å². The van der Waals surface area contributed by atoms with Gasteiger partial charge in [-0.2, -0.15) is 0 Å². The fourth-order valence-corrected chi connectivity index (χ4v) is 1.87. The molecule has 0 aliphatic rings. The van der Waals surface area contributed by atoms with Gasteiger partial charge in [-0.05, 0) is 25.6 Å². The van der Waals surface area contributed by atoms with Gasteiger partial charge in [-0.3, -0.25) is 0 Å². The van der Waals surface area contributed by atoms with Crippen molar-refractivity contribution in [3.05, 3.63) is 36.0 Å². The Morgan fingerprint density at radius 1 is 1.29 bits per heavy atom. The monoisotopic (exact) mass is 188 g/mol. The van der Waals surface area contributed by atoms with Crippen molar-refractivity contribution in [1.82, 2.24) is 9.88 Å². The van der Waals surface area contributed by atoms with E-state index in [0.29, 0.717) is 6.04 Å². The summed E-state index contributed by atoms with van der Waals surface area (Å²) in [7, 11) is 4.08. The number of aromatic nitrogens is 1. The van der Waals surface area contributed by atoms with Crippen LogP contribution < -0.4 is 5.32 Å². The first-order chi connectivity index (χ1) is 6.74. The molecule has 2 nitrogen and oxygen atoms in total. The molecule has 2 aromatic rings. The zero-order chi connectivity index (χ0) is 10.1. The second-order valence-electron chi connectivity index (χ2n) is 3.72. The summed E-state index contributed by atoms with van der Waals surface area (Å²) in [6.45, 7) is 2.18. The molecule has 14 heavy (non-hydrogen) atoms. The number of para-hydroxylation sites is 1. The Kier molecular flexibility index (Phi) is 2.30. The Bertz CT molecular complexity index is 443. The van der Waals surface area contributed by atoms with Gasteiger partial charge in [-0.1, -0.05) is 18.2 Å². The van der Waals surface area contributed by atoms with Crippen LogP contribution in [0.4, 0.5) is 0 Å². The van der Waals surface area contributed by atoms with Crippen LogP contribution in [0.3, 0.4) is 0 Å². The molecule has 0 aliphatic heterocycles. The van der Waals surface area contributed by atoms with Crippen LogP contribution in [0, 0.1) is 0 Å². The van der Waals surface area contributed by atoms with Crippen LogP contribution in [0.25, 0.3) is 10.9 Å². The molecular weight excluding hydrogens is 172 g/mol. The highest BCUT2D eigenvalue weighted by molar-refractivity contribution is 5.84. The number of benzene rings is 1. The Morgan fingerprint density at radius 3 is 2.71 bits per heavy atom. The SMILES string of the molecule is CNC(C)c1cn(C)c2ccccc12. The van der Waals surface area contributed by atoms with Gasteiger partial charge in [-0.25, -0.2) is 0 Å². The summed E-state index contributed by atoms with van der Waals surface area (Å²) in [5, 5.41) is 4.62. The second-order valence-corrected chi connectivity index (χ2v) is 3.72. The van der Waals surface area contributed by atoms with Crippen molar-refractivity contribution < 1.29 is 0 Å². The van der Waals surface area contributed by atoms with Crippen LogP contribution in [-0.4, -0.2) is 11.6 Å². The molecule has 0 radical (unpaired) electrons. The lowest BCUT2D eigenvalue weighted by Gasteiger charge is -2.07. The minimum absolute atomic E-state index is 0.404. The van der Waals surface area contributed by atoms with Gasteiger partial charge in [0, 0.05) is 30.2 Å². The number of nitrogens with one attached hydrogen (secondary N) is 1. The van der Waals surface area contributed by atoms with E-state index >= 15 is 0 Å². The van der Waals surface area contributed by atoms with Crippen molar-refractivity contribution in [2.75, 3.05) is 7.05 Å². The zero-order valence-electron chi connectivity index (χ0n) is 8.91. The molecule has 1 N–H and O–H groups in total. The molecule has 0 aliphatic carbocycles. The molecule has 1 atom stereocenters. The van der Waals surface area contributed by atoms with Gasteiger partial charge >= 0.3 is 0 Å². The zero-order valence-corrected chi connectivity index (χ0v) is 8.91. The third kappa shape index (κ3) is 1.32. The summed E-state index contributed by atoms with van der Waals surface area (Å²) in [5.41, 5.74) is 2.66. The number of nitrogens with zero attached hydrogens (tertiary/aromatic N) is 1. The predicted molar refractivity (Wildman–Crippen MR) is 60.4 cm³/mol. The summed E-state index contributed by atoms with van der Waals surface area (Å²) >= 11 is 0. The molecule has 1 aromatic carbocycles. The fourth-order valence-electron chi connectivity index (χ4n) is 1.87. The van der Waals surface area contributed by atoms with Gasteiger partial charge in [0.25, 0.3) is 0 Å². The molecule has 2 heteroatoms. The van der Waals surface area contributed by atoms with E-state index in [9.17, 15) is 0 Å². The van der Waals surface area contributed by atoms with E-state index in [1.165, 1.54) is 16.5 Å². The third-order valence-electron chi connectivity index (χ3n) is 2.83. The van der Waals surface area contributed by atoms with Crippen molar-refractivity contribution in [2.45, 2.75) is 13.0 Å². The highest BCUT2D eigenvalue weighted by Crippen LogP contribution is 2.25. The first-order valence-corrected chi connectivity index (χ1v) is 4.95. The van der Waals surface area contributed by atoms with Gasteiger partial charge in [-0.15, -0.1) is 0 Å². The van der Waals surface area contributed by atoms with E-state index < -0.39 is 0 Å². The van der Waals surface area contributed by atoms with Gasteiger partial charge in [0.2, 0.25) is 0 Å². The minimum Gasteiger partial charge on any atom is -0.350 e. The van der Waals surface area contributed by atoms with Crippen LogP contribution >= 0.6 is 0 Å². The van der Waals surface area contributed by atoms with Gasteiger partial charge in [0.15, 0.2) is 0 Å². The topological polar surface area (TPSA) is 17.0 Å². The number of rotatable bonds is 2. The molecule has 2 rings (SSSR count). The number of fused-ring (bicyclic) bond motifs is 1. The molecule has 1 aromatic heterocycles. The van der Waals surface area contributed by atoms with Crippen LogP contribution in [0.2, 0.25) is 0 Å². The van der Waals surface area contributed by atoms with E-state index in [0.717, 1.165) is 0 Å². The first kappa shape index (κ1) is 9.28. The molecule has 0 fully saturated rings. The quantitative estimate of drug-likeness (QED) is 0.766. The number of aryl methyl sites for hydroxylation is 1. The normalized spacial score (nSPS) is 13.4. The smallest absolute Gasteiger partial charge is 0.0481 e. The molecule has 0 saturated carbocycles. The summed E-state index contributed by atoms with van der Waals surface area (Å²) in [6.07, 6.45) is 2.20. The summed E-state index contributed by atoms with van der Waals surface area (Å²) in [5.74, 6) is 0. The standard InChI is InChI=1S/C12H16N2/c1-9(13-2)11-8-14(3)12-7-5-4-6-10(11)12/h4-9,13H,1-3H3. The summed E-state index contributed by atoms with van der Waals surface area (Å²) < 4.78 is 2.18. The minimum atomic E-state index is 0.404. The summed E-state index contributed by atoms with van der Waals surface area (Å²) in [6, 6.07) is 8.91. The average Bonchev–Trinajstić information content (AvgIpc) is 2.56. The highest BCUT2D eigenvalue weighted by atomic mass is 14.9. The molecule has 1 heterocycles. The van der Waals surface area contributed by atoms with E-state index in [2.05, 4.69) is 54.3 Å². The average molecular weight is 188 g/mol. The van der Waals surface area contributed by atoms with Gasteiger partial charge < -0.3 is 9.88 Å². The Balaban J connectivity index is 2.66. The lowest BCUT2D eigenvalue weighted by Crippen LogP contribution is -2.11. The van der Waals surface area contributed by atoms with Gasteiger partial charge in [0.05, 0.1) is 0 Å². The fraction of sp³-hybridized carbons (Fsp3) is 0.333. The van der Waals surface area contributed by atoms with E-state index in [-0.39, 0.29) is 0 Å². The molecular formula is C12H16N2. The maximum Gasteiger partial charge on any atom is 0.0481 e. The van der Waals surface area contributed by atoms with Crippen LogP contribution in [-0.2, 0) is 7.05 Å². The van der Waals surface area contributed by atoms with Crippen LogP contribution in [0.5, 0.6) is 0 Å². The Labute approximate surface area is 84.5 Å². The highest BCUT2D eigenvalue weighted by Gasteiger charge is 2.10.